The van der Waals surface area contributed by atoms with Crippen LogP contribution in [0.25, 0.3) is 10.9 Å². The third-order valence-corrected chi connectivity index (χ3v) is 6.49. The maximum absolute atomic E-state index is 13.6. The molecule has 2 aromatic carbocycles. The van der Waals surface area contributed by atoms with Gasteiger partial charge in [0, 0.05) is 37.6 Å². The summed E-state index contributed by atoms with van der Waals surface area (Å²) in [5.74, 6) is -2.03. The first-order valence-corrected chi connectivity index (χ1v) is 12.4. The summed E-state index contributed by atoms with van der Waals surface area (Å²) in [5.41, 5.74) is 2.84. The monoisotopic (exact) mass is 513 g/mol. The first kappa shape index (κ1) is 26.5. The van der Waals surface area contributed by atoms with Crippen molar-refractivity contribution < 1.29 is 18.8 Å². The summed E-state index contributed by atoms with van der Waals surface area (Å²) in [7, 11) is 3.57. The maximum Gasteiger partial charge on any atom is 0.345 e. The van der Waals surface area contributed by atoms with E-state index in [0.717, 1.165) is 16.5 Å². The van der Waals surface area contributed by atoms with E-state index in [2.05, 4.69) is 10.3 Å². The lowest BCUT2D eigenvalue weighted by Crippen LogP contribution is -2.43. The molecule has 38 heavy (non-hydrogen) atoms. The lowest BCUT2D eigenvalue weighted by atomic mass is 9.94. The molecule has 9 nitrogen and oxygen atoms in total. The smallest absolute Gasteiger partial charge is 0.345 e. The summed E-state index contributed by atoms with van der Waals surface area (Å²) < 4.78 is 7.82. The van der Waals surface area contributed by atoms with Crippen LogP contribution in [-0.2, 0) is 27.9 Å². The number of hydrogen-bond acceptors (Lipinski definition) is 7. The number of amides is 1. The van der Waals surface area contributed by atoms with E-state index in [4.69, 9.17) is 9.25 Å². The number of nitrogens with one attached hydrogen (secondary N) is 1. The van der Waals surface area contributed by atoms with E-state index in [0.29, 0.717) is 17.9 Å². The standard InChI is InChI=1S/C29H31N5O4/c1-18(2)26(29(36)38-34(5)21-11-7-6-8-12-21)27(35)31-23(28-32-24(16-30)19(3)37-28)15-20-17-33(4)25-14-10-9-13-22(20)25/h6-14,17-18,23,26H,15H2,1-5H3,(H,31,35)/t23-,26+/m1/s1. The number of rotatable bonds is 9. The molecule has 9 heteroatoms. The maximum atomic E-state index is 13.6. The summed E-state index contributed by atoms with van der Waals surface area (Å²) in [5, 5.41) is 14.7. The number of para-hydroxylation sites is 2. The Kier molecular flexibility index (Phi) is 7.82. The normalized spacial score (nSPS) is 12.7. The number of benzene rings is 2. The Bertz CT molecular complexity index is 1480. The predicted octanol–water partition coefficient (Wildman–Crippen LogP) is 4.61. The van der Waals surface area contributed by atoms with Crippen molar-refractivity contribution in [3.05, 3.63) is 83.7 Å². The summed E-state index contributed by atoms with van der Waals surface area (Å²) in [4.78, 5) is 36.6. The minimum Gasteiger partial charge on any atom is -0.442 e. The van der Waals surface area contributed by atoms with E-state index in [1.807, 2.05) is 66.3 Å². The van der Waals surface area contributed by atoms with Gasteiger partial charge in [-0.05, 0) is 36.6 Å². The van der Waals surface area contributed by atoms with Crippen LogP contribution in [0.4, 0.5) is 5.69 Å². The van der Waals surface area contributed by atoms with Crippen molar-refractivity contribution >= 4 is 28.5 Å². The quantitative estimate of drug-likeness (QED) is 0.257. The number of carbonyl (C=O) groups excluding carboxylic acids is 2. The molecule has 1 amide bonds. The van der Waals surface area contributed by atoms with Gasteiger partial charge in [-0.15, -0.1) is 0 Å². The predicted molar refractivity (Wildman–Crippen MR) is 143 cm³/mol. The number of hydrogen-bond donors (Lipinski definition) is 1. The summed E-state index contributed by atoms with van der Waals surface area (Å²) in [6.07, 6.45) is 2.34. The van der Waals surface area contributed by atoms with Gasteiger partial charge in [0.25, 0.3) is 0 Å². The molecule has 0 spiro atoms. The molecule has 0 saturated carbocycles. The molecule has 0 unspecified atom stereocenters. The zero-order valence-electron chi connectivity index (χ0n) is 22.1. The van der Waals surface area contributed by atoms with Crippen molar-refractivity contribution in [1.29, 1.82) is 5.26 Å². The Balaban J connectivity index is 1.62. The molecule has 2 atom stereocenters. The van der Waals surface area contributed by atoms with Crippen molar-refractivity contribution in [2.24, 2.45) is 18.9 Å². The first-order valence-electron chi connectivity index (χ1n) is 12.4. The lowest BCUT2D eigenvalue weighted by Gasteiger charge is -2.25. The number of fused-ring (bicyclic) bond motifs is 1. The van der Waals surface area contributed by atoms with Gasteiger partial charge in [-0.1, -0.05) is 50.2 Å². The topological polar surface area (TPSA) is 113 Å². The molecule has 4 aromatic rings. The van der Waals surface area contributed by atoms with Crippen molar-refractivity contribution in [2.45, 2.75) is 33.2 Å². The number of aryl methyl sites for hydroxylation is 2. The number of hydroxylamine groups is 1. The minimum absolute atomic E-state index is 0.154. The average Bonchev–Trinajstić information content (AvgIpc) is 3.43. The SMILES string of the molecule is Cc1oc([C@@H](Cc2cn(C)c3ccccc23)NC(=O)[C@@H](C(=O)ON(C)c2ccccc2)C(C)C)nc1C#N. The molecular weight excluding hydrogens is 482 g/mol. The second kappa shape index (κ2) is 11.2. The molecule has 196 valence electrons. The Morgan fingerprint density at radius 1 is 1.16 bits per heavy atom. The van der Waals surface area contributed by atoms with E-state index in [1.165, 1.54) is 5.06 Å². The number of oxazole rings is 1. The molecule has 1 N–H and O–H groups in total. The Hall–Kier alpha value is -4.58. The van der Waals surface area contributed by atoms with Crippen LogP contribution >= 0.6 is 0 Å². The number of carbonyl (C=O) groups is 2. The van der Waals surface area contributed by atoms with Crippen LogP contribution < -0.4 is 10.4 Å². The summed E-state index contributed by atoms with van der Waals surface area (Å²) in [6, 6.07) is 18.4. The number of anilines is 1. The van der Waals surface area contributed by atoms with Crippen LogP contribution in [0.2, 0.25) is 0 Å². The average molecular weight is 514 g/mol. The largest absolute Gasteiger partial charge is 0.442 e. The van der Waals surface area contributed by atoms with Crippen molar-refractivity contribution in [1.82, 2.24) is 14.9 Å². The van der Waals surface area contributed by atoms with Crippen LogP contribution in [0.5, 0.6) is 0 Å². The number of nitrogens with zero attached hydrogens (tertiary/aromatic N) is 4. The van der Waals surface area contributed by atoms with Gasteiger partial charge in [0.2, 0.25) is 11.8 Å². The van der Waals surface area contributed by atoms with Crippen LogP contribution in [0.3, 0.4) is 0 Å². The Morgan fingerprint density at radius 3 is 2.50 bits per heavy atom. The van der Waals surface area contributed by atoms with Gasteiger partial charge in [-0.2, -0.15) is 5.26 Å². The molecule has 0 aliphatic rings. The molecule has 0 aliphatic carbocycles. The van der Waals surface area contributed by atoms with Gasteiger partial charge < -0.3 is 19.1 Å². The fourth-order valence-corrected chi connectivity index (χ4v) is 4.50. The van der Waals surface area contributed by atoms with Crippen molar-refractivity contribution in [3.63, 3.8) is 0 Å². The van der Waals surface area contributed by atoms with Gasteiger partial charge in [-0.25, -0.2) is 14.8 Å². The lowest BCUT2D eigenvalue weighted by molar-refractivity contribution is -0.155. The Labute approximate surface area is 221 Å². The van der Waals surface area contributed by atoms with Crippen LogP contribution in [0.15, 0.2) is 65.2 Å². The number of nitriles is 1. The van der Waals surface area contributed by atoms with Crippen molar-refractivity contribution in [2.75, 3.05) is 12.1 Å². The zero-order valence-corrected chi connectivity index (χ0v) is 22.1. The highest BCUT2D eigenvalue weighted by molar-refractivity contribution is 5.98. The van der Waals surface area contributed by atoms with E-state index in [-0.39, 0.29) is 17.5 Å². The van der Waals surface area contributed by atoms with Gasteiger partial charge in [0.15, 0.2) is 5.69 Å². The minimum atomic E-state index is -1.08. The molecule has 2 heterocycles. The Morgan fingerprint density at radius 2 is 1.84 bits per heavy atom. The van der Waals surface area contributed by atoms with Gasteiger partial charge in [-0.3, -0.25) is 4.79 Å². The van der Waals surface area contributed by atoms with Gasteiger partial charge in [0.1, 0.15) is 23.8 Å². The summed E-state index contributed by atoms with van der Waals surface area (Å²) in [6.45, 7) is 5.23. The highest BCUT2D eigenvalue weighted by Crippen LogP contribution is 2.28. The van der Waals surface area contributed by atoms with E-state index >= 15 is 0 Å². The molecule has 2 aromatic heterocycles. The molecule has 0 radical (unpaired) electrons. The fraction of sp³-hybridized carbons (Fsp3) is 0.310. The van der Waals surface area contributed by atoms with E-state index < -0.39 is 23.8 Å². The van der Waals surface area contributed by atoms with Crippen LogP contribution in [0, 0.1) is 30.1 Å². The molecular formula is C29H31N5O4. The number of aromatic nitrogens is 2. The van der Waals surface area contributed by atoms with E-state index in [9.17, 15) is 14.9 Å². The second-order valence-corrected chi connectivity index (χ2v) is 9.58. The zero-order chi connectivity index (χ0) is 27.4. The highest BCUT2D eigenvalue weighted by Gasteiger charge is 2.35. The third kappa shape index (κ3) is 5.54. The van der Waals surface area contributed by atoms with E-state index in [1.54, 1.807) is 40.0 Å². The van der Waals surface area contributed by atoms with Crippen LogP contribution in [-0.4, -0.2) is 28.5 Å². The molecule has 4 rings (SSSR count). The first-order chi connectivity index (χ1) is 18.2. The van der Waals surface area contributed by atoms with Gasteiger partial charge in [0.05, 0.1) is 5.69 Å². The van der Waals surface area contributed by atoms with Crippen LogP contribution in [0.1, 0.15) is 42.8 Å². The fourth-order valence-electron chi connectivity index (χ4n) is 4.50. The molecule has 0 aliphatic heterocycles. The molecule has 0 fully saturated rings. The highest BCUT2D eigenvalue weighted by atomic mass is 16.7. The molecule has 0 saturated heterocycles. The van der Waals surface area contributed by atoms with Crippen molar-refractivity contribution in [3.8, 4) is 6.07 Å². The molecule has 0 bridgehead atoms. The second-order valence-electron chi connectivity index (χ2n) is 9.58. The summed E-state index contributed by atoms with van der Waals surface area (Å²) >= 11 is 0. The third-order valence-electron chi connectivity index (χ3n) is 6.49. The van der Waals surface area contributed by atoms with Gasteiger partial charge >= 0.3 is 5.97 Å².